The molecule has 1 aromatic carbocycles. The average molecular weight is 378 g/mol. The molecule has 0 saturated carbocycles. The van der Waals surface area contributed by atoms with Crippen LogP contribution in [-0.4, -0.2) is 28.8 Å². The number of carbonyl (C=O) groups is 2. The van der Waals surface area contributed by atoms with Crippen LogP contribution < -0.4 is 5.32 Å². The Labute approximate surface area is 153 Å². The molecule has 0 bridgehead atoms. The van der Waals surface area contributed by atoms with Crippen molar-refractivity contribution in [3.8, 4) is 0 Å². The van der Waals surface area contributed by atoms with E-state index in [1.165, 1.54) is 18.4 Å². The van der Waals surface area contributed by atoms with Crippen molar-refractivity contribution < 1.29 is 14.3 Å². The van der Waals surface area contributed by atoms with Crippen LogP contribution >= 0.6 is 22.9 Å². The van der Waals surface area contributed by atoms with E-state index in [2.05, 4.69) is 10.4 Å². The first-order valence-electron chi connectivity index (χ1n) is 7.60. The second-order valence-electron chi connectivity index (χ2n) is 5.36. The van der Waals surface area contributed by atoms with Gasteiger partial charge in [0.15, 0.2) is 0 Å². The van der Waals surface area contributed by atoms with Crippen LogP contribution in [0.25, 0.3) is 10.1 Å². The van der Waals surface area contributed by atoms with Gasteiger partial charge in [0.2, 0.25) is 0 Å². The number of thiophene rings is 1. The Balaban J connectivity index is 1.90. The number of benzene rings is 1. The van der Waals surface area contributed by atoms with Crippen molar-refractivity contribution in [3.05, 3.63) is 45.6 Å². The second-order valence-corrected chi connectivity index (χ2v) is 6.79. The summed E-state index contributed by atoms with van der Waals surface area (Å²) >= 11 is 7.47. The largest absolute Gasteiger partial charge is 0.465 e. The number of carbonyl (C=O) groups excluding carboxylic acids is 2. The van der Waals surface area contributed by atoms with Crippen molar-refractivity contribution >= 4 is 50.6 Å². The zero-order valence-electron chi connectivity index (χ0n) is 13.9. The van der Waals surface area contributed by atoms with Gasteiger partial charge in [0.25, 0.3) is 5.91 Å². The van der Waals surface area contributed by atoms with Gasteiger partial charge in [0.1, 0.15) is 4.88 Å². The fourth-order valence-corrected chi connectivity index (χ4v) is 4.02. The lowest BCUT2D eigenvalue weighted by molar-refractivity contribution is 0.0606. The Hall–Kier alpha value is -2.38. The number of aryl methyl sites for hydroxylation is 1. The maximum absolute atomic E-state index is 12.5. The summed E-state index contributed by atoms with van der Waals surface area (Å²) in [6, 6.07) is 5.31. The number of aromatic nitrogens is 2. The SMILES string of the molecule is CCn1ncc(C(=O)Nc2ccc3c(Cl)c(C(=O)OC)sc3c2)c1C. The first-order valence-corrected chi connectivity index (χ1v) is 8.79. The smallest absolute Gasteiger partial charge is 0.349 e. The molecule has 0 radical (unpaired) electrons. The number of esters is 1. The molecule has 0 aliphatic heterocycles. The molecule has 2 heterocycles. The number of nitrogens with zero attached hydrogens (tertiary/aromatic N) is 2. The molecule has 8 heteroatoms. The third kappa shape index (κ3) is 3.12. The topological polar surface area (TPSA) is 73.2 Å². The number of anilines is 1. The van der Waals surface area contributed by atoms with Gasteiger partial charge in [-0.25, -0.2) is 4.79 Å². The number of hydrogen-bond acceptors (Lipinski definition) is 5. The summed E-state index contributed by atoms with van der Waals surface area (Å²) in [6.07, 6.45) is 1.56. The molecule has 3 rings (SSSR count). The minimum absolute atomic E-state index is 0.229. The van der Waals surface area contributed by atoms with Crippen LogP contribution in [0.4, 0.5) is 5.69 Å². The number of amides is 1. The molecule has 6 nitrogen and oxygen atoms in total. The summed E-state index contributed by atoms with van der Waals surface area (Å²) in [5.41, 5.74) is 1.96. The van der Waals surface area contributed by atoms with Crippen molar-refractivity contribution in [2.75, 3.05) is 12.4 Å². The molecule has 130 valence electrons. The van der Waals surface area contributed by atoms with Gasteiger partial charge >= 0.3 is 5.97 Å². The summed E-state index contributed by atoms with van der Waals surface area (Å²) in [4.78, 5) is 24.6. The number of nitrogens with one attached hydrogen (secondary N) is 1. The van der Waals surface area contributed by atoms with Crippen LogP contribution in [-0.2, 0) is 11.3 Å². The standard InChI is InChI=1S/C17H16ClN3O3S/c1-4-21-9(2)12(8-19-21)16(22)20-10-5-6-11-13(7-10)25-15(14(11)18)17(23)24-3/h5-8H,4H2,1-3H3,(H,20,22). The third-order valence-corrected chi connectivity index (χ3v) is 5.54. The molecule has 1 N–H and O–H groups in total. The van der Waals surface area contributed by atoms with Crippen LogP contribution in [0.2, 0.25) is 5.02 Å². The predicted molar refractivity (Wildman–Crippen MR) is 98.8 cm³/mol. The zero-order chi connectivity index (χ0) is 18.1. The molecular weight excluding hydrogens is 362 g/mol. The van der Waals surface area contributed by atoms with E-state index in [9.17, 15) is 9.59 Å². The lowest BCUT2D eigenvalue weighted by Gasteiger charge is -2.05. The van der Waals surface area contributed by atoms with Crippen molar-refractivity contribution in [2.24, 2.45) is 0 Å². The molecule has 0 spiro atoms. The fraction of sp³-hybridized carbons (Fsp3) is 0.235. The summed E-state index contributed by atoms with van der Waals surface area (Å²) in [5.74, 6) is -0.702. The number of hydrogen-bond donors (Lipinski definition) is 1. The van der Waals surface area contributed by atoms with Gasteiger partial charge in [0.05, 0.1) is 23.9 Å². The molecule has 3 aromatic rings. The van der Waals surface area contributed by atoms with Crippen LogP contribution in [0.5, 0.6) is 0 Å². The van der Waals surface area contributed by atoms with E-state index in [-0.39, 0.29) is 5.91 Å². The minimum atomic E-state index is -0.473. The minimum Gasteiger partial charge on any atom is -0.465 e. The highest BCUT2D eigenvalue weighted by atomic mass is 35.5. The van der Waals surface area contributed by atoms with E-state index < -0.39 is 5.97 Å². The van der Waals surface area contributed by atoms with Crippen molar-refractivity contribution in [1.82, 2.24) is 9.78 Å². The Kier molecular flexibility index (Phi) is 4.78. The molecule has 0 atom stereocenters. The van der Waals surface area contributed by atoms with Crippen molar-refractivity contribution in [1.29, 1.82) is 0 Å². The average Bonchev–Trinajstić information content (AvgIpc) is 3.14. The van der Waals surface area contributed by atoms with E-state index in [0.717, 1.165) is 15.8 Å². The normalized spacial score (nSPS) is 10.9. The van der Waals surface area contributed by atoms with E-state index in [0.29, 0.717) is 27.7 Å². The molecule has 25 heavy (non-hydrogen) atoms. The summed E-state index contributed by atoms with van der Waals surface area (Å²) in [7, 11) is 1.31. The van der Waals surface area contributed by atoms with Gasteiger partial charge in [-0.05, 0) is 32.0 Å². The molecule has 0 saturated heterocycles. The molecule has 0 aliphatic rings. The van der Waals surface area contributed by atoms with Gasteiger partial charge in [0, 0.05) is 28.0 Å². The van der Waals surface area contributed by atoms with Gasteiger partial charge in [-0.15, -0.1) is 11.3 Å². The zero-order valence-corrected chi connectivity index (χ0v) is 15.5. The van der Waals surface area contributed by atoms with Crippen molar-refractivity contribution in [2.45, 2.75) is 20.4 Å². The van der Waals surface area contributed by atoms with Gasteiger partial charge in [-0.1, -0.05) is 11.6 Å². The monoisotopic (exact) mass is 377 g/mol. The number of rotatable bonds is 4. The Morgan fingerprint density at radius 1 is 1.40 bits per heavy atom. The van der Waals surface area contributed by atoms with Crippen LogP contribution in [0.15, 0.2) is 24.4 Å². The Morgan fingerprint density at radius 2 is 2.16 bits per heavy atom. The highest BCUT2D eigenvalue weighted by Gasteiger charge is 2.19. The lowest BCUT2D eigenvalue weighted by Crippen LogP contribution is -2.13. The van der Waals surface area contributed by atoms with Gasteiger partial charge < -0.3 is 10.1 Å². The Morgan fingerprint density at radius 3 is 2.80 bits per heavy atom. The number of halogens is 1. The first kappa shape index (κ1) is 17.4. The third-order valence-electron chi connectivity index (χ3n) is 3.91. The molecular formula is C17H16ClN3O3S. The van der Waals surface area contributed by atoms with Crippen molar-refractivity contribution in [3.63, 3.8) is 0 Å². The molecule has 1 amide bonds. The van der Waals surface area contributed by atoms with Crippen LogP contribution in [0.1, 0.15) is 32.6 Å². The fourth-order valence-electron chi connectivity index (χ4n) is 2.55. The molecule has 0 fully saturated rings. The quantitative estimate of drug-likeness (QED) is 0.694. The summed E-state index contributed by atoms with van der Waals surface area (Å²) in [5, 5.41) is 8.15. The predicted octanol–water partition coefficient (Wildman–Crippen LogP) is 4.12. The first-order chi connectivity index (χ1) is 12.0. The van der Waals surface area contributed by atoms with E-state index in [1.54, 1.807) is 29.1 Å². The van der Waals surface area contributed by atoms with E-state index in [1.807, 2.05) is 13.8 Å². The van der Waals surface area contributed by atoms with Crippen LogP contribution in [0, 0.1) is 6.92 Å². The van der Waals surface area contributed by atoms with Gasteiger partial charge in [-0.2, -0.15) is 5.10 Å². The number of ether oxygens (including phenoxy) is 1. The number of fused-ring (bicyclic) bond motifs is 1. The maximum Gasteiger partial charge on any atom is 0.349 e. The maximum atomic E-state index is 12.5. The van der Waals surface area contributed by atoms with E-state index in [4.69, 9.17) is 16.3 Å². The van der Waals surface area contributed by atoms with Gasteiger partial charge in [-0.3, -0.25) is 9.48 Å². The second kappa shape index (κ2) is 6.85. The lowest BCUT2D eigenvalue weighted by atomic mass is 10.2. The number of methoxy groups -OCH3 is 1. The summed E-state index contributed by atoms with van der Waals surface area (Å²) < 4.78 is 7.29. The Bertz CT molecular complexity index is 977. The summed E-state index contributed by atoms with van der Waals surface area (Å²) in [6.45, 7) is 4.53. The van der Waals surface area contributed by atoms with Crippen LogP contribution in [0.3, 0.4) is 0 Å². The highest BCUT2D eigenvalue weighted by Crippen LogP contribution is 2.37. The molecule has 0 unspecified atom stereocenters. The van der Waals surface area contributed by atoms with E-state index >= 15 is 0 Å². The molecule has 2 aromatic heterocycles. The highest BCUT2D eigenvalue weighted by molar-refractivity contribution is 7.21. The molecule has 0 aliphatic carbocycles.